The summed E-state index contributed by atoms with van der Waals surface area (Å²) < 4.78 is 2.26. The molecule has 3 heteroatoms. The molecular formula is C15H16N2O. The van der Waals surface area contributed by atoms with Gasteiger partial charge in [0.25, 0.3) is 5.91 Å². The van der Waals surface area contributed by atoms with Crippen molar-refractivity contribution in [3.8, 4) is 11.3 Å². The lowest BCUT2D eigenvalue weighted by Crippen LogP contribution is -2.12. The van der Waals surface area contributed by atoms with Crippen LogP contribution in [0.25, 0.3) is 11.3 Å². The molecule has 1 aliphatic rings. The zero-order chi connectivity index (χ0) is 12.7. The molecule has 0 atom stereocenters. The number of benzene rings is 1. The third kappa shape index (κ3) is 1.72. The first-order chi connectivity index (χ1) is 8.68. The molecule has 1 aliphatic carbocycles. The molecule has 3 rings (SSSR count). The van der Waals surface area contributed by atoms with Gasteiger partial charge in [0.05, 0.1) is 5.56 Å². The van der Waals surface area contributed by atoms with Crippen molar-refractivity contribution >= 4 is 5.91 Å². The number of aromatic nitrogens is 1. The third-order valence-corrected chi connectivity index (χ3v) is 3.54. The maximum absolute atomic E-state index is 11.5. The van der Waals surface area contributed by atoms with Gasteiger partial charge < -0.3 is 10.3 Å². The molecule has 1 aromatic heterocycles. The third-order valence-electron chi connectivity index (χ3n) is 3.54. The highest BCUT2D eigenvalue weighted by atomic mass is 16.1. The van der Waals surface area contributed by atoms with Gasteiger partial charge in [0, 0.05) is 17.4 Å². The molecule has 1 saturated carbocycles. The van der Waals surface area contributed by atoms with Crippen LogP contribution in [-0.2, 0) is 0 Å². The van der Waals surface area contributed by atoms with Crippen LogP contribution < -0.4 is 5.73 Å². The molecule has 0 bridgehead atoms. The number of nitrogens with two attached hydrogens (primary N) is 1. The van der Waals surface area contributed by atoms with E-state index in [9.17, 15) is 4.79 Å². The van der Waals surface area contributed by atoms with E-state index < -0.39 is 0 Å². The van der Waals surface area contributed by atoms with Crippen LogP contribution in [0.1, 0.15) is 34.9 Å². The van der Waals surface area contributed by atoms with E-state index in [0.29, 0.717) is 11.6 Å². The van der Waals surface area contributed by atoms with E-state index in [1.165, 1.54) is 12.8 Å². The molecule has 1 fully saturated rings. The summed E-state index contributed by atoms with van der Waals surface area (Å²) in [6.07, 6.45) is 2.38. The first kappa shape index (κ1) is 11.1. The number of rotatable bonds is 3. The fourth-order valence-corrected chi connectivity index (χ4v) is 2.51. The van der Waals surface area contributed by atoms with Gasteiger partial charge in [0.15, 0.2) is 0 Å². The zero-order valence-electron chi connectivity index (χ0n) is 10.4. The minimum Gasteiger partial charge on any atom is -0.366 e. The van der Waals surface area contributed by atoms with Crippen molar-refractivity contribution in [2.24, 2.45) is 5.73 Å². The molecular weight excluding hydrogens is 224 g/mol. The summed E-state index contributed by atoms with van der Waals surface area (Å²) in [7, 11) is 0. The quantitative estimate of drug-likeness (QED) is 0.881. The van der Waals surface area contributed by atoms with Gasteiger partial charge in [-0.3, -0.25) is 4.79 Å². The number of primary amides is 1. The lowest BCUT2D eigenvalue weighted by Gasteiger charge is -2.10. The van der Waals surface area contributed by atoms with Crippen LogP contribution in [0, 0.1) is 6.92 Å². The Balaban J connectivity index is 2.19. The predicted octanol–water partition coefficient (Wildman–Crippen LogP) is 2.90. The van der Waals surface area contributed by atoms with Crippen molar-refractivity contribution in [2.75, 3.05) is 0 Å². The topological polar surface area (TPSA) is 48.0 Å². The molecule has 92 valence electrons. The van der Waals surface area contributed by atoms with E-state index >= 15 is 0 Å². The van der Waals surface area contributed by atoms with Crippen LogP contribution in [0.15, 0.2) is 36.4 Å². The van der Waals surface area contributed by atoms with Gasteiger partial charge >= 0.3 is 0 Å². The standard InChI is InChI=1S/C15H16N2O/c1-10-13(15(16)18)9-14(17(10)12-7-8-12)11-5-3-2-4-6-11/h2-6,9,12H,7-8H2,1H3,(H2,16,18). The van der Waals surface area contributed by atoms with Gasteiger partial charge in [0.2, 0.25) is 0 Å². The van der Waals surface area contributed by atoms with Crippen molar-refractivity contribution in [1.29, 1.82) is 0 Å². The van der Waals surface area contributed by atoms with Gasteiger partial charge in [-0.1, -0.05) is 30.3 Å². The summed E-state index contributed by atoms with van der Waals surface area (Å²) >= 11 is 0. The number of amides is 1. The summed E-state index contributed by atoms with van der Waals surface area (Å²) in [6, 6.07) is 12.6. The van der Waals surface area contributed by atoms with E-state index in [1.807, 2.05) is 31.2 Å². The molecule has 0 unspecified atom stereocenters. The number of carbonyl (C=O) groups excluding carboxylic acids is 1. The van der Waals surface area contributed by atoms with Crippen LogP contribution in [0.3, 0.4) is 0 Å². The van der Waals surface area contributed by atoms with Gasteiger partial charge in [-0.25, -0.2) is 0 Å². The molecule has 0 saturated heterocycles. The van der Waals surface area contributed by atoms with Crippen molar-refractivity contribution in [3.63, 3.8) is 0 Å². The molecule has 1 amide bonds. The Bertz CT molecular complexity index is 594. The van der Waals surface area contributed by atoms with Gasteiger partial charge in [-0.05, 0) is 31.4 Å². The maximum atomic E-state index is 11.5. The second-order valence-corrected chi connectivity index (χ2v) is 4.86. The van der Waals surface area contributed by atoms with Crippen LogP contribution in [0.4, 0.5) is 0 Å². The minimum absolute atomic E-state index is 0.343. The van der Waals surface area contributed by atoms with E-state index in [0.717, 1.165) is 17.0 Å². The largest absolute Gasteiger partial charge is 0.366 e. The van der Waals surface area contributed by atoms with Gasteiger partial charge in [-0.15, -0.1) is 0 Å². The summed E-state index contributed by atoms with van der Waals surface area (Å²) in [5, 5.41) is 0. The first-order valence-electron chi connectivity index (χ1n) is 6.25. The molecule has 1 aromatic carbocycles. The summed E-state index contributed by atoms with van der Waals surface area (Å²) in [4.78, 5) is 11.5. The van der Waals surface area contributed by atoms with Crippen LogP contribution in [0.5, 0.6) is 0 Å². The predicted molar refractivity (Wildman–Crippen MR) is 71.4 cm³/mol. The molecule has 18 heavy (non-hydrogen) atoms. The molecule has 1 heterocycles. The number of carbonyl (C=O) groups is 1. The Kier molecular flexibility index (Phi) is 2.47. The monoisotopic (exact) mass is 240 g/mol. The first-order valence-corrected chi connectivity index (χ1v) is 6.25. The van der Waals surface area contributed by atoms with E-state index in [2.05, 4.69) is 16.7 Å². The lowest BCUT2D eigenvalue weighted by atomic mass is 10.1. The molecule has 3 nitrogen and oxygen atoms in total. The van der Waals surface area contributed by atoms with E-state index in [-0.39, 0.29) is 5.91 Å². The lowest BCUT2D eigenvalue weighted by molar-refractivity contribution is 0.0999. The Morgan fingerprint density at radius 2 is 1.94 bits per heavy atom. The van der Waals surface area contributed by atoms with E-state index in [4.69, 9.17) is 5.73 Å². The summed E-state index contributed by atoms with van der Waals surface area (Å²) in [5.74, 6) is -0.343. The van der Waals surface area contributed by atoms with E-state index in [1.54, 1.807) is 0 Å². The number of hydrogen-bond donors (Lipinski definition) is 1. The maximum Gasteiger partial charge on any atom is 0.250 e. The Morgan fingerprint density at radius 3 is 2.50 bits per heavy atom. The van der Waals surface area contributed by atoms with Crippen molar-refractivity contribution in [2.45, 2.75) is 25.8 Å². The highest BCUT2D eigenvalue weighted by Gasteiger charge is 2.29. The van der Waals surface area contributed by atoms with Crippen LogP contribution in [-0.4, -0.2) is 10.5 Å². The highest BCUT2D eigenvalue weighted by Crippen LogP contribution is 2.41. The SMILES string of the molecule is Cc1c(C(N)=O)cc(-c2ccccc2)n1C1CC1. The molecule has 2 aromatic rings. The average molecular weight is 240 g/mol. The normalized spacial score (nSPS) is 14.7. The second kappa shape index (κ2) is 4.02. The van der Waals surface area contributed by atoms with Gasteiger partial charge in [-0.2, -0.15) is 0 Å². The van der Waals surface area contributed by atoms with Crippen LogP contribution >= 0.6 is 0 Å². The fraction of sp³-hybridized carbons (Fsp3) is 0.267. The fourth-order valence-electron chi connectivity index (χ4n) is 2.51. The molecule has 0 spiro atoms. The van der Waals surface area contributed by atoms with Crippen molar-refractivity contribution in [1.82, 2.24) is 4.57 Å². The number of hydrogen-bond acceptors (Lipinski definition) is 1. The zero-order valence-corrected chi connectivity index (χ0v) is 10.4. The Morgan fingerprint density at radius 1 is 1.28 bits per heavy atom. The summed E-state index contributed by atoms with van der Waals surface area (Å²) in [6.45, 7) is 1.98. The Hall–Kier alpha value is -2.03. The number of nitrogens with zero attached hydrogens (tertiary/aromatic N) is 1. The average Bonchev–Trinajstić information content (AvgIpc) is 3.14. The minimum atomic E-state index is -0.343. The van der Waals surface area contributed by atoms with Crippen molar-refractivity contribution < 1.29 is 4.79 Å². The highest BCUT2D eigenvalue weighted by molar-refractivity contribution is 5.95. The molecule has 0 radical (unpaired) electrons. The summed E-state index contributed by atoms with van der Waals surface area (Å²) in [5.41, 5.74) is 9.31. The van der Waals surface area contributed by atoms with Crippen LogP contribution in [0.2, 0.25) is 0 Å². The smallest absolute Gasteiger partial charge is 0.250 e. The van der Waals surface area contributed by atoms with Crippen molar-refractivity contribution in [3.05, 3.63) is 47.7 Å². The Labute approximate surface area is 106 Å². The van der Waals surface area contributed by atoms with Gasteiger partial charge in [0.1, 0.15) is 0 Å². The second-order valence-electron chi connectivity index (χ2n) is 4.86. The molecule has 2 N–H and O–H groups in total. The molecule has 0 aliphatic heterocycles.